The van der Waals surface area contributed by atoms with Crippen LogP contribution in [0.4, 0.5) is 0 Å². The zero-order chi connectivity index (χ0) is 11.7. The Hall–Kier alpha value is 0.739. The van der Waals surface area contributed by atoms with Crippen LogP contribution in [0, 0.1) is 13.8 Å². The molecule has 0 atom stereocenters. The van der Waals surface area contributed by atoms with E-state index in [1.54, 1.807) is 0 Å². The first-order valence-electron chi connectivity index (χ1n) is 4.12. The van der Waals surface area contributed by atoms with Crippen LogP contribution in [0.5, 0.6) is 0 Å². The minimum absolute atomic E-state index is 0.195. The van der Waals surface area contributed by atoms with E-state index in [1.165, 1.54) is 52.9 Å². The molecule has 0 unspecified atom stereocenters. The van der Waals surface area contributed by atoms with E-state index in [9.17, 15) is 9.59 Å². The van der Waals surface area contributed by atoms with Gasteiger partial charge in [-0.05, 0) is 0 Å². The van der Waals surface area contributed by atoms with Gasteiger partial charge in [0.25, 0.3) is 0 Å². The molecule has 2 nitrogen and oxygen atoms in total. The van der Waals surface area contributed by atoms with E-state index in [0.29, 0.717) is 26.3 Å². The van der Waals surface area contributed by atoms with E-state index in [2.05, 4.69) is 0 Å². The van der Waals surface area contributed by atoms with E-state index in [1.807, 2.05) is 13.8 Å². The van der Waals surface area contributed by atoms with Gasteiger partial charge in [0.1, 0.15) is 0 Å². The molecule has 0 saturated heterocycles. The molecule has 0 amide bonds. The van der Waals surface area contributed by atoms with E-state index < -0.39 is 0 Å². The van der Waals surface area contributed by atoms with Gasteiger partial charge in [0, 0.05) is 0 Å². The Morgan fingerprint density at radius 1 is 0.750 bits per heavy atom. The van der Waals surface area contributed by atoms with Crippen LogP contribution in [-0.2, 0) is 0 Å². The standard InChI is InChI=1S/C8H6O2S4Se2/c1-3-5(13-7(9)11-3)15-16-6-4(2)12-8(10)14-6/h1-2H3. The van der Waals surface area contributed by atoms with Gasteiger partial charge in [-0.25, -0.2) is 0 Å². The Kier molecular flexibility index (Phi) is 4.60. The Morgan fingerprint density at radius 3 is 1.38 bits per heavy atom. The molecule has 0 bridgehead atoms. The fourth-order valence-corrected chi connectivity index (χ4v) is 17.8. The maximum atomic E-state index is 11.2. The summed E-state index contributed by atoms with van der Waals surface area (Å²) in [6, 6.07) is 0. The summed E-state index contributed by atoms with van der Waals surface area (Å²) in [6.07, 6.45) is 0. The molecule has 0 saturated carbocycles. The van der Waals surface area contributed by atoms with E-state index in [4.69, 9.17) is 0 Å². The predicted molar refractivity (Wildman–Crippen MR) is 77.2 cm³/mol. The summed E-state index contributed by atoms with van der Waals surface area (Å²) in [6.45, 7) is 4.03. The molecule has 0 spiro atoms. The maximum absolute atomic E-state index is 11.2. The van der Waals surface area contributed by atoms with Gasteiger partial charge in [-0.15, -0.1) is 0 Å². The number of hydrogen-bond donors (Lipinski definition) is 0. The average molecular weight is 420 g/mol. The fraction of sp³-hybridized carbons (Fsp3) is 0.250. The van der Waals surface area contributed by atoms with Crippen LogP contribution >= 0.6 is 45.3 Å². The monoisotopic (exact) mass is 422 g/mol. The average Bonchev–Trinajstić information content (AvgIpc) is 2.66. The van der Waals surface area contributed by atoms with Gasteiger partial charge in [0.15, 0.2) is 0 Å². The van der Waals surface area contributed by atoms with Crippen molar-refractivity contribution in [2.24, 2.45) is 0 Å². The number of rotatable bonds is 3. The van der Waals surface area contributed by atoms with Crippen molar-refractivity contribution in [3.63, 3.8) is 0 Å². The van der Waals surface area contributed by atoms with Crippen LogP contribution in [0.15, 0.2) is 9.59 Å². The quantitative estimate of drug-likeness (QED) is 0.680. The molecule has 0 aliphatic rings. The summed E-state index contributed by atoms with van der Waals surface area (Å²) in [5.41, 5.74) is 0. The van der Waals surface area contributed by atoms with E-state index >= 15 is 0 Å². The molecule has 2 aromatic rings. The first-order chi connectivity index (χ1) is 7.56. The Bertz CT molecular complexity index is 552. The summed E-state index contributed by atoms with van der Waals surface area (Å²) in [5.74, 6) is 0. The van der Waals surface area contributed by atoms with Gasteiger partial charge in [0.05, 0.1) is 0 Å². The van der Waals surface area contributed by atoms with Gasteiger partial charge in [0.2, 0.25) is 0 Å². The molecule has 2 rings (SSSR count). The number of aryl methyl sites for hydroxylation is 2. The summed E-state index contributed by atoms with van der Waals surface area (Å²) < 4.78 is 2.90. The van der Waals surface area contributed by atoms with Crippen molar-refractivity contribution in [2.75, 3.05) is 0 Å². The first-order valence-corrected chi connectivity index (χ1v) is 13.4. The molecular weight excluding hydrogens is 414 g/mol. The molecule has 0 aliphatic carbocycles. The summed E-state index contributed by atoms with van der Waals surface area (Å²) >= 11 is 6.17. The van der Waals surface area contributed by atoms with Gasteiger partial charge >= 0.3 is 120 Å². The molecule has 0 aliphatic heterocycles. The molecule has 8 heteroatoms. The van der Waals surface area contributed by atoms with Gasteiger partial charge in [-0.1, -0.05) is 0 Å². The second-order valence-electron chi connectivity index (χ2n) is 2.76. The van der Waals surface area contributed by atoms with Crippen molar-refractivity contribution >= 4 is 79.2 Å². The molecule has 2 heterocycles. The van der Waals surface area contributed by atoms with Crippen LogP contribution in [0.25, 0.3) is 0 Å². The second kappa shape index (κ2) is 5.59. The summed E-state index contributed by atoms with van der Waals surface area (Å²) in [5, 5.41) is 0. The number of hydrogen-bond acceptors (Lipinski definition) is 6. The third-order valence-electron chi connectivity index (χ3n) is 1.59. The molecule has 2 aromatic heterocycles. The van der Waals surface area contributed by atoms with E-state index in [-0.39, 0.29) is 8.11 Å². The molecule has 0 aromatic carbocycles. The summed E-state index contributed by atoms with van der Waals surface area (Å²) in [4.78, 5) is 24.7. The predicted octanol–water partition coefficient (Wildman–Crippen LogP) is 0.544. The van der Waals surface area contributed by atoms with Gasteiger partial charge in [-0.3, -0.25) is 0 Å². The topological polar surface area (TPSA) is 34.1 Å². The first kappa shape index (κ1) is 13.2. The third-order valence-corrected chi connectivity index (χ3v) is 17.1. The molecule has 16 heavy (non-hydrogen) atoms. The Morgan fingerprint density at radius 2 is 1.12 bits per heavy atom. The van der Waals surface area contributed by atoms with Crippen LogP contribution in [0.2, 0.25) is 0 Å². The minimum atomic E-state index is 0.195. The van der Waals surface area contributed by atoms with Gasteiger partial charge < -0.3 is 0 Å². The van der Waals surface area contributed by atoms with Gasteiger partial charge in [-0.2, -0.15) is 0 Å². The Balaban J connectivity index is 2.13. The summed E-state index contributed by atoms with van der Waals surface area (Å²) in [7, 11) is 0. The van der Waals surface area contributed by atoms with Crippen LogP contribution in [0.3, 0.4) is 0 Å². The zero-order valence-corrected chi connectivity index (χ0v) is 15.0. The van der Waals surface area contributed by atoms with Crippen molar-refractivity contribution in [3.8, 4) is 0 Å². The normalized spacial score (nSPS) is 10.9. The van der Waals surface area contributed by atoms with Crippen LogP contribution in [0.1, 0.15) is 9.75 Å². The second-order valence-corrected chi connectivity index (χ2v) is 14.8. The van der Waals surface area contributed by atoms with Crippen LogP contribution < -0.4 is 15.7 Å². The molecule has 0 fully saturated rings. The molecule has 0 N–H and O–H groups in total. The fourth-order valence-electron chi connectivity index (χ4n) is 0.897. The van der Waals surface area contributed by atoms with Crippen molar-refractivity contribution < 1.29 is 0 Å². The SMILES string of the molecule is Cc1sc(=O)sc1[Se][Se]c1sc(=O)sc1C. The molecule has 0 radical (unpaired) electrons. The third kappa shape index (κ3) is 3.15. The van der Waals surface area contributed by atoms with Crippen LogP contribution in [-0.4, -0.2) is 26.3 Å². The molecular formula is C8H6O2S4Se2. The van der Waals surface area contributed by atoms with Crippen molar-refractivity contribution in [3.05, 3.63) is 27.5 Å². The zero-order valence-electron chi connectivity index (χ0n) is 8.27. The van der Waals surface area contributed by atoms with Crippen molar-refractivity contribution in [1.29, 1.82) is 0 Å². The van der Waals surface area contributed by atoms with E-state index in [0.717, 1.165) is 9.75 Å². The van der Waals surface area contributed by atoms with Crippen molar-refractivity contribution in [1.82, 2.24) is 0 Å². The van der Waals surface area contributed by atoms with Crippen molar-refractivity contribution in [2.45, 2.75) is 13.8 Å². The molecule has 86 valence electrons. The Labute approximate surface area is 119 Å².